The molecule has 26 heavy (non-hydrogen) atoms. The molecule has 0 unspecified atom stereocenters. The zero-order valence-corrected chi connectivity index (χ0v) is 15.2. The maximum absolute atomic E-state index is 12.1. The van der Waals surface area contributed by atoms with Crippen LogP contribution in [0.1, 0.15) is 58.7 Å². The van der Waals surface area contributed by atoms with Gasteiger partial charge in [0.2, 0.25) is 5.88 Å². The van der Waals surface area contributed by atoms with Gasteiger partial charge in [0.05, 0.1) is 5.56 Å². The molecule has 0 saturated carbocycles. The van der Waals surface area contributed by atoms with Crippen LogP contribution >= 0.6 is 0 Å². The highest BCUT2D eigenvalue weighted by Gasteiger charge is 2.26. The van der Waals surface area contributed by atoms with Crippen molar-refractivity contribution in [3.05, 3.63) is 46.7 Å². The molecule has 0 aliphatic heterocycles. The summed E-state index contributed by atoms with van der Waals surface area (Å²) in [4.78, 5) is 35.5. The first-order valence-corrected chi connectivity index (χ1v) is 8.17. The zero-order chi connectivity index (χ0) is 19.4. The van der Waals surface area contributed by atoms with Crippen molar-refractivity contribution in [1.29, 1.82) is 0 Å². The summed E-state index contributed by atoms with van der Waals surface area (Å²) in [5, 5.41) is 2.43. The molecule has 0 fully saturated rings. The summed E-state index contributed by atoms with van der Waals surface area (Å²) >= 11 is 0. The van der Waals surface area contributed by atoms with Gasteiger partial charge in [-0.15, -0.1) is 0 Å². The third-order valence-electron chi connectivity index (χ3n) is 3.83. The van der Waals surface area contributed by atoms with Gasteiger partial charge in [-0.25, -0.2) is 0 Å². The number of primary amides is 1. The van der Waals surface area contributed by atoms with E-state index in [1.807, 2.05) is 18.2 Å². The van der Waals surface area contributed by atoms with E-state index in [4.69, 9.17) is 14.9 Å². The molecular weight excluding hydrogens is 336 g/mol. The molecule has 0 aliphatic carbocycles. The number of anilines is 1. The van der Waals surface area contributed by atoms with Crippen LogP contribution in [0.4, 0.5) is 5.88 Å². The molecule has 1 aromatic carbocycles. The molecule has 0 spiro atoms. The van der Waals surface area contributed by atoms with E-state index in [9.17, 15) is 14.4 Å². The lowest BCUT2D eigenvalue weighted by atomic mass is 10.0. The maximum Gasteiger partial charge on any atom is 0.264 e. The van der Waals surface area contributed by atoms with Crippen molar-refractivity contribution in [3.8, 4) is 5.75 Å². The van der Waals surface area contributed by atoms with Gasteiger partial charge in [-0.3, -0.25) is 19.7 Å². The summed E-state index contributed by atoms with van der Waals surface area (Å²) in [6, 6.07) is 7.44. The quantitative estimate of drug-likeness (QED) is 0.739. The van der Waals surface area contributed by atoms with Crippen molar-refractivity contribution in [2.45, 2.75) is 33.6 Å². The van der Waals surface area contributed by atoms with E-state index in [-0.39, 0.29) is 35.2 Å². The van der Waals surface area contributed by atoms with E-state index in [0.29, 0.717) is 11.7 Å². The number of ketones is 1. The Balaban J connectivity index is 2.11. The Morgan fingerprint density at radius 2 is 1.92 bits per heavy atom. The Morgan fingerprint density at radius 1 is 1.23 bits per heavy atom. The largest absolute Gasteiger partial charge is 0.484 e. The first kappa shape index (κ1) is 19.2. The number of nitrogens with two attached hydrogens (primary N) is 1. The summed E-state index contributed by atoms with van der Waals surface area (Å²) in [5.74, 6) is -0.804. The minimum Gasteiger partial charge on any atom is -0.484 e. The number of carbonyl (C=O) groups excluding carboxylic acids is 3. The molecule has 0 aliphatic rings. The smallest absolute Gasteiger partial charge is 0.264 e. The summed E-state index contributed by atoms with van der Waals surface area (Å²) < 4.78 is 10.8. The molecule has 3 N–H and O–H groups in total. The van der Waals surface area contributed by atoms with Crippen LogP contribution in [0.2, 0.25) is 0 Å². The van der Waals surface area contributed by atoms with Gasteiger partial charge in [0.15, 0.2) is 12.4 Å². The van der Waals surface area contributed by atoms with Crippen LogP contribution in [0.3, 0.4) is 0 Å². The van der Waals surface area contributed by atoms with Gasteiger partial charge >= 0.3 is 0 Å². The molecule has 2 amide bonds. The monoisotopic (exact) mass is 358 g/mol. The van der Waals surface area contributed by atoms with Crippen LogP contribution in [0, 0.1) is 6.92 Å². The molecule has 7 heteroatoms. The average Bonchev–Trinajstić information content (AvgIpc) is 2.89. The van der Waals surface area contributed by atoms with Gasteiger partial charge in [-0.1, -0.05) is 26.0 Å². The fourth-order valence-electron chi connectivity index (χ4n) is 2.57. The van der Waals surface area contributed by atoms with Crippen LogP contribution in [0.5, 0.6) is 5.75 Å². The third-order valence-corrected chi connectivity index (χ3v) is 3.83. The van der Waals surface area contributed by atoms with Gasteiger partial charge in [-0.05, 0) is 37.5 Å². The predicted molar refractivity (Wildman–Crippen MR) is 96.6 cm³/mol. The summed E-state index contributed by atoms with van der Waals surface area (Å²) in [5.41, 5.74) is 6.34. The number of rotatable bonds is 7. The van der Waals surface area contributed by atoms with Gasteiger partial charge in [0, 0.05) is 0 Å². The number of amides is 2. The van der Waals surface area contributed by atoms with Crippen molar-refractivity contribution in [2.75, 3.05) is 11.9 Å². The van der Waals surface area contributed by atoms with Crippen LogP contribution in [0.15, 0.2) is 28.7 Å². The second-order valence-corrected chi connectivity index (χ2v) is 6.22. The first-order valence-electron chi connectivity index (χ1n) is 8.17. The number of Topliss-reactive ketones (excluding diaryl/α,β-unsaturated/α-hetero) is 1. The molecule has 138 valence electrons. The topological polar surface area (TPSA) is 112 Å². The highest BCUT2D eigenvalue weighted by atomic mass is 16.5. The molecule has 0 radical (unpaired) electrons. The molecule has 0 atom stereocenters. The SMILES string of the molecule is CC(=O)c1c(C)oc(NC(=O)COc2cccc(C(C)C)c2)c1C(N)=O. The molecule has 0 saturated heterocycles. The van der Waals surface area contributed by atoms with Crippen LogP contribution < -0.4 is 15.8 Å². The lowest BCUT2D eigenvalue weighted by molar-refractivity contribution is -0.118. The molecule has 1 aromatic heterocycles. The van der Waals surface area contributed by atoms with Crippen molar-refractivity contribution >= 4 is 23.5 Å². The lowest BCUT2D eigenvalue weighted by Gasteiger charge is -2.10. The number of hydrogen-bond donors (Lipinski definition) is 2. The van der Waals surface area contributed by atoms with E-state index in [1.54, 1.807) is 6.07 Å². The lowest BCUT2D eigenvalue weighted by Crippen LogP contribution is -2.23. The second-order valence-electron chi connectivity index (χ2n) is 6.22. The van der Waals surface area contributed by atoms with Crippen molar-refractivity contribution < 1.29 is 23.5 Å². The van der Waals surface area contributed by atoms with Gasteiger partial charge < -0.3 is 14.9 Å². The molecule has 2 rings (SSSR count). The average molecular weight is 358 g/mol. The number of carbonyl (C=O) groups is 3. The van der Waals surface area contributed by atoms with Crippen molar-refractivity contribution in [1.82, 2.24) is 0 Å². The van der Waals surface area contributed by atoms with E-state index in [1.165, 1.54) is 13.8 Å². The summed E-state index contributed by atoms with van der Waals surface area (Å²) in [6.45, 7) is 6.65. The molecule has 1 heterocycles. The Hall–Kier alpha value is -3.09. The standard InChI is InChI=1S/C19H22N2O5/c1-10(2)13-6-5-7-14(8-13)25-9-15(23)21-19-17(18(20)24)16(11(3)22)12(4)26-19/h5-8,10H,9H2,1-4H3,(H2,20,24)(H,21,23). The predicted octanol–water partition coefficient (Wildman–Crippen LogP) is 3.03. The normalized spacial score (nSPS) is 10.7. The second kappa shape index (κ2) is 7.86. The minimum absolute atomic E-state index is 0.0679. The Labute approximate surface area is 151 Å². The summed E-state index contributed by atoms with van der Waals surface area (Å²) in [6.07, 6.45) is 0. The first-order chi connectivity index (χ1) is 12.2. The van der Waals surface area contributed by atoms with E-state index >= 15 is 0 Å². The van der Waals surface area contributed by atoms with Crippen LogP contribution in [-0.2, 0) is 4.79 Å². The van der Waals surface area contributed by atoms with Crippen molar-refractivity contribution in [2.24, 2.45) is 5.73 Å². The number of ether oxygens (including phenoxy) is 1. The van der Waals surface area contributed by atoms with E-state index < -0.39 is 11.8 Å². The Kier molecular flexibility index (Phi) is 5.82. The van der Waals surface area contributed by atoms with E-state index in [0.717, 1.165) is 5.56 Å². The van der Waals surface area contributed by atoms with E-state index in [2.05, 4.69) is 19.2 Å². The number of aryl methyl sites for hydroxylation is 1. The maximum atomic E-state index is 12.1. The third kappa shape index (κ3) is 4.30. The molecular formula is C19H22N2O5. The van der Waals surface area contributed by atoms with Gasteiger partial charge in [-0.2, -0.15) is 0 Å². The highest BCUT2D eigenvalue weighted by Crippen LogP contribution is 2.27. The minimum atomic E-state index is -0.854. The Bertz CT molecular complexity index is 852. The number of benzene rings is 1. The number of furan rings is 1. The van der Waals surface area contributed by atoms with Crippen LogP contribution in [0.25, 0.3) is 0 Å². The Morgan fingerprint density at radius 3 is 2.50 bits per heavy atom. The zero-order valence-electron chi connectivity index (χ0n) is 15.2. The number of hydrogen-bond acceptors (Lipinski definition) is 5. The number of nitrogens with one attached hydrogen (secondary N) is 1. The molecule has 7 nitrogen and oxygen atoms in total. The van der Waals surface area contributed by atoms with Crippen LogP contribution in [-0.4, -0.2) is 24.2 Å². The molecule has 2 aromatic rings. The molecule has 0 bridgehead atoms. The fourth-order valence-corrected chi connectivity index (χ4v) is 2.57. The fraction of sp³-hybridized carbons (Fsp3) is 0.316. The van der Waals surface area contributed by atoms with Crippen molar-refractivity contribution in [3.63, 3.8) is 0 Å². The summed E-state index contributed by atoms with van der Waals surface area (Å²) in [7, 11) is 0. The van der Waals surface area contributed by atoms with Gasteiger partial charge in [0.1, 0.15) is 17.1 Å². The van der Waals surface area contributed by atoms with Gasteiger partial charge in [0.25, 0.3) is 11.8 Å². The highest BCUT2D eigenvalue weighted by molar-refractivity contribution is 6.12.